The molecule has 0 bridgehead atoms. The third-order valence-electron chi connectivity index (χ3n) is 2.74. The van der Waals surface area contributed by atoms with Crippen LogP contribution in [0, 0.1) is 0 Å². The van der Waals surface area contributed by atoms with Crippen molar-refractivity contribution in [1.29, 1.82) is 0 Å². The van der Waals surface area contributed by atoms with Crippen LogP contribution in [0.3, 0.4) is 0 Å². The maximum Gasteiger partial charge on any atom is 0.0959 e. The monoisotopic (exact) mass is 233 g/mol. The third kappa shape index (κ3) is 3.05. The standard InChI is InChI=1S/C13H19N3O/c1-2-7-14-8-11(17)9-16-10-15-12-5-3-4-6-13(12)16/h3-6,10-11,14,17H,2,7-9H2,1H3. The number of rotatable bonds is 6. The molecule has 17 heavy (non-hydrogen) atoms. The second-order valence-electron chi connectivity index (χ2n) is 4.24. The van der Waals surface area contributed by atoms with Crippen LogP contribution in [0.1, 0.15) is 13.3 Å². The number of nitrogens with one attached hydrogen (secondary N) is 1. The van der Waals surface area contributed by atoms with Crippen molar-refractivity contribution < 1.29 is 5.11 Å². The Kier molecular flexibility index (Phi) is 4.12. The highest BCUT2D eigenvalue weighted by molar-refractivity contribution is 5.74. The van der Waals surface area contributed by atoms with Crippen LogP contribution in [-0.4, -0.2) is 33.9 Å². The van der Waals surface area contributed by atoms with Crippen molar-refractivity contribution in [2.24, 2.45) is 0 Å². The Morgan fingerprint density at radius 1 is 1.41 bits per heavy atom. The average molecular weight is 233 g/mol. The van der Waals surface area contributed by atoms with Gasteiger partial charge < -0.3 is 15.0 Å². The molecule has 1 aromatic heterocycles. The number of aromatic nitrogens is 2. The molecule has 2 N–H and O–H groups in total. The van der Waals surface area contributed by atoms with Crippen molar-refractivity contribution in [2.45, 2.75) is 26.0 Å². The Hall–Kier alpha value is -1.39. The Bertz CT molecular complexity index is 466. The van der Waals surface area contributed by atoms with Gasteiger partial charge in [0.2, 0.25) is 0 Å². The maximum atomic E-state index is 9.90. The van der Waals surface area contributed by atoms with Crippen LogP contribution in [0.15, 0.2) is 30.6 Å². The topological polar surface area (TPSA) is 50.1 Å². The van der Waals surface area contributed by atoms with Crippen molar-refractivity contribution in [3.8, 4) is 0 Å². The minimum atomic E-state index is -0.376. The van der Waals surface area contributed by atoms with Crippen molar-refractivity contribution in [3.05, 3.63) is 30.6 Å². The van der Waals surface area contributed by atoms with Gasteiger partial charge in [0.15, 0.2) is 0 Å². The van der Waals surface area contributed by atoms with E-state index in [2.05, 4.69) is 17.2 Å². The van der Waals surface area contributed by atoms with Gasteiger partial charge >= 0.3 is 0 Å². The van der Waals surface area contributed by atoms with Crippen molar-refractivity contribution in [3.63, 3.8) is 0 Å². The van der Waals surface area contributed by atoms with Crippen LogP contribution < -0.4 is 5.32 Å². The van der Waals surface area contributed by atoms with E-state index in [1.54, 1.807) is 6.33 Å². The molecule has 0 saturated heterocycles. The summed E-state index contributed by atoms with van der Waals surface area (Å²) in [5, 5.41) is 13.1. The molecule has 4 nitrogen and oxygen atoms in total. The number of para-hydroxylation sites is 2. The van der Waals surface area contributed by atoms with E-state index in [1.165, 1.54) is 0 Å². The molecule has 0 radical (unpaired) electrons. The molecule has 1 aromatic carbocycles. The SMILES string of the molecule is CCCNCC(O)Cn1cnc2ccccc21. The van der Waals surface area contributed by atoms with Gasteiger partial charge in [0.05, 0.1) is 30.0 Å². The van der Waals surface area contributed by atoms with Crippen LogP contribution in [-0.2, 0) is 6.54 Å². The molecule has 2 aromatic rings. The van der Waals surface area contributed by atoms with Gasteiger partial charge in [0, 0.05) is 6.54 Å². The van der Waals surface area contributed by atoms with Crippen LogP contribution in [0.4, 0.5) is 0 Å². The molecule has 4 heteroatoms. The fourth-order valence-corrected chi connectivity index (χ4v) is 1.89. The molecule has 0 spiro atoms. The first-order valence-electron chi connectivity index (χ1n) is 6.10. The number of hydrogen-bond donors (Lipinski definition) is 2. The van der Waals surface area contributed by atoms with Gasteiger partial charge in [-0.05, 0) is 25.1 Å². The summed E-state index contributed by atoms with van der Waals surface area (Å²) in [5.74, 6) is 0. The van der Waals surface area contributed by atoms with E-state index in [9.17, 15) is 5.11 Å². The number of imidazole rings is 1. The van der Waals surface area contributed by atoms with Gasteiger partial charge in [0.25, 0.3) is 0 Å². The second kappa shape index (κ2) is 5.80. The summed E-state index contributed by atoms with van der Waals surface area (Å²) >= 11 is 0. The van der Waals surface area contributed by atoms with Gasteiger partial charge in [-0.2, -0.15) is 0 Å². The zero-order chi connectivity index (χ0) is 12.1. The molecule has 0 amide bonds. The summed E-state index contributed by atoms with van der Waals surface area (Å²) in [5.41, 5.74) is 2.04. The second-order valence-corrected chi connectivity index (χ2v) is 4.24. The van der Waals surface area contributed by atoms with Crippen molar-refractivity contribution >= 4 is 11.0 Å². The van der Waals surface area contributed by atoms with Gasteiger partial charge in [-0.15, -0.1) is 0 Å². The van der Waals surface area contributed by atoms with Crippen LogP contribution in [0.5, 0.6) is 0 Å². The molecule has 0 aliphatic heterocycles. The van der Waals surface area contributed by atoms with E-state index < -0.39 is 0 Å². The highest BCUT2D eigenvalue weighted by atomic mass is 16.3. The van der Waals surface area contributed by atoms with Gasteiger partial charge in [-0.1, -0.05) is 19.1 Å². The summed E-state index contributed by atoms with van der Waals surface area (Å²) in [6.45, 7) is 4.27. The van der Waals surface area contributed by atoms with Gasteiger partial charge in [-0.25, -0.2) is 4.98 Å². The fraction of sp³-hybridized carbons (Fsp3) is 0.462. The molecular weight excluding hydrogens is 214 g/mol. The summed E-state index contributed by atoms with van der Waals surface area (Å²) in [6.07, 6.45) is 2.49. The Morgan fingerprint density at radius 3 is 3.06 bits per heavy atom. The van der Waals surface area contributed by atoms with Crippen molar-refractivity contribution in [1.82, 2.24) is 14.9 Å². The average Bonchev–Trinajstić information content (AvgIpc) is 2.73. The van der Waals surface area contributed by atoms with Gasteiger partial charge in [0.1, 0.15) is 0 Å². The first kappa shape index (κ1) is 12.1. The lowest BCUT2D eigenvalue weighted by molar-refractivity contribution is 0.153. The first-order valence-corrected chi connectivity index (χ1v) is 6.10. The third-order valence-corrected chi connectivity index (χ3v) is 2.74. The molecular formula is C13H19N3O. The van der Waals surface area contributed by atoms with E-state index in [-0.39, 0.29) is 6.10 Å². The number of benzene rings is 1. The number of nitrogens with zero attached hydrogens (tertiary/aromatic N) is 2. The van der Waals surface area contributed by atoms with Crippen LogP contribution in [0.2, 0.25) is 0 Å². The van der Waals surface area contributed by atoms with E-state index in [4.69, 9.17) is 0 Å². The van der Waals surface area contributed by atoms with Gasteiger partial charge in [-0.3, -0.25) is 0 Å². The zero-order valence-electron chi connectivity index (χ0n) is 10.1. The number of aliphatic hydroxyl groups excluding tert-OH is 1. The van der Waals surface area contributed by atoms with E-state index in [0.717, 1.165) is 24.0 Å². The highest BCUT2D eigenvalue weighted by Crippen LogP contribution is 2.11. The predicted octanol–water partition coefficient (Wildman–Crippen LogP) is 1.40. The van der Waals surface area contributed by atoms with E-state index in [1.807, 2.05) is 28.8 Å². The molecule has 0 saturated carbocycles. The summed E-state index contributed by atoms with van der Waals surface area (Å²) in [6, 6.07) is 7.96. The molecule has 92 valence electrons. The lowest BCUT2D eigenvalue weighted by Crippen LogP contribution is -2.30. The number of fused-ring (bicyclic) bond motifs is 1. The summed E-state index contributed by atoms with van der Waals surface area (Å²) in [4.78, 5) is 4.30. The first-order chi connectivity index (χ1) is 8.31. The molecule has 2 rings (SSSR count). The lowest BCUT2D eigenvalue weighted by Gasteiger charge is -2.12. The highest BCUT2D eigenvalue weighted by Gasteiger charge is 2.07. The Balaban J connectivity index is 1.98. The van der Waals surface area contributed by atoms with Crippen LogP contribution in [0.25, 0.3) is 11.0 Å². The predicted molar refractivity (Wildman–Crippen MR) is 68.9 cm³/mol. The molecule has 1 atom stereocenters. The molecule has 1 unspecified atom stereocenters. The van der Waals surface area contributed by atoms with E-state index in [0.29, 0.717) is 13.1 Å². The quantitative estimate of drug-likeness (QED) is 0.741. The maximum absolute atomic E-state index is 9.90. The molecule has 0 fully saturated rings. The van der Waals surface area contributed by atoms with E-state index >= 15 is 0 Å². The summed E-state index contributed by atoms with van der Waals surface area (Å²) in [7, 11) is 0. The number of aliphatic hydroxyl groups is 1. The van der Waals surface area contributed by atoms with Crippen molar-refractivity contribution in [2.75, 3.05) is 13.1 Å². The normalized spacial score (nSPS) is 13.1. The minimum absolute atomic E-state index is 0.376. The summed E-state index contributed by atoms with van der Waals surface area (Å²) < 4.78 is 1.99. The zero-order valence-corrected chi connectivity index (χ0v) is 10.1. The van der Waals surface area contributed by atoms with Crippen LogP contribution >= 0.6 is 0 Å². The molecule has 0 aliphatic carbocycles. The Labute approximate surface area is 101 Å². The molecule has 1 heterocycles. The smallest absolute Gasteiger partial charge is 0.0959 e. The fourth-order valence-electron chi connectivity index (χ4n) is 1.89. The largest absolute Gasteiger partial charge is 0.390 e. The number of hydrogen-bond acceptors (Lipinski definition) is 3. The molecule has 0 aliphatic rings. The minimum Gasteiger partial charge on any atom is -0.390 e. The lowest BCUT2D eigenvalue weighted by atomic mass is 10.3. The Morgan fingerprint density at radius 2 is 2.24 bits per heavy atom.